The van der Waals surface area contributed by atoms with Gasteiger partial charge in [-0.05, 0) is 30.7 Å². The summed E-state index contributed by atoms with van der Waals surface area (Å²) in [5.41, 5.74) is 1.04. The van der Waals surface area contributed by atoms with Gasteiger partial charge in [-0.25, -0.2) is 4.39 Å². The van der Waals surface area contributed by atoms with Crippen LogP contribution >= 0.6 is 0 Å². The van der Waals surface area contributed by atoms with Gasteiger partial charge in [-0.2, -0.15) is 5.10 Å². The van der Waals surface area contributed by atoms with Crippen LogP contribution in [0.25, 0.3) is 0 Å². The van der Waals surface area contributed by atoms with Gasteiger partial charge < -0.3 is 10.2 Å². The zero-order chi connectivity index (χ0) is 15.8. The van der Waals surface area contributed by atoms with Crippen LogP contribution in [0.3, 0.4) is 0 Å². The minimum Gasteiger partial charge on any atom is -0.357 e. The van der Waals surface area contributed by atoms with E-state index in [1.54, 1.807) is 18.3 Å². The smallest absolute Gasteiger partial charge is 0.194 e. The fraction of sp³-hybridized carbons (Fsp3) is 0.375. The number of nitrogens with zero attached hydrogens (tertiary/aromatic N) is 4. The largest absolute Gasteiger partial charge is 0.357 e. The Morgan fingerprint density at radius 2 is 2.14 bits per heavy atom. The molecule has 0 spiro atoms. The van der Waals surface area contributed by atoms with Crippen LogP contribution < -0.4 is 5.32 Å². The third kappa shape index (κ3) is 4.87. The van der Waals surface area contributed by atoms with E-state index in [9.17, 15) is 4.39 Å². The maximum absolute atomic E-state index is 12.9. The van der Waals surface area contributed by atoms with Gasteiger partial charge in [0, 0.05) is 32.5 Å². The summed E-state index contributed by atoms with van der Waals surface area (Å²) in [6.07, 6.45) is 3.68. The zero-order valence-electron chi connectivity index (χ0n) is 13.0. The van der Waals surface area contributed by atoms with Crippen molar-refractivity contribution in [2.24, 2.45) is 4.99 Å². The Labute approximate surface area is 130 Å². The molecule has 6 heteroatoms. The van der Waals surface area contributed by atoms with Crippen LogP contribution in [-0.2, 0) is 13.1 Å². The lowest BCUT2D eigenvalue weighted by Gasteiger charge is -2.22. The maximum atomic E-state index is 12.9. The molecule has 0 unspecified atom stereocenters. The maximum Gasteiger partial charge on any atom is 0.194 e. The topological polar surface area (TPSA) is 45.5 Å². The monoisotopic (exact) mass is 303 g/mol. The Balaban J connectivity index is 1.94. The van der Waals surface area contributed by atoms with E-state index in [-0.39, 0.29) is 5.82 Å². The lowest BCUT2D eigenvalue weighted by atomic mass is 10.2. The molecule has 22 heavy (non-hydrogen) atoms. The third-order valence-electron chi connectivity index (χ3n) is 3.18. The van der Waals surface area contributed by atoms with Crippen LogP contribution in [0.5, 0.6) is 0 Å². The van der Waals surface area contributed by atoms with Crippen LogP contribution in [0.2, 0.25) is 0 Å². The first kappa shape index (κ1) is 16.0. The molecule has 2 aromatic rings. The van der Waals surface area contributed by atoms with E-state index in [0.29, 0.717) is 13.1 Å². The van der Waals surface area contributed by atoms with Crippen molar-refractivity contribution >= 4 is 5.96 Å². The third-order valence-corrected chi connectivity index (χ3v) is 3.18. The highest BCUT2D eigenvalue weighted by Crippen LogP contribution is 2.05. The SMILES string of the molecule is CCNC(=NCCn1cccn1)N(C)Cc1ccc(F)cc1. The first-order valence-corrected chi connectivity index (χ1v) is 7.40. The first-order chi connectivity index (χ1) is 10.7. The predicted octanol–water partition coefficient (Wildman–Crippen LogP) is 2.12. The minimum absolute atomic E-state index is 0.216. The summed E-state index contributed by atoms with van der Waals surface area (Å²) >= 11 is 0. The molecule has 0 bridgehead atoms. The average Bonchev–Trinajstić information content (AvgIpc) is 3.02. The van der Waals surface area contributed by atoms with E-state index < -0.39 is 0 Å². The molecule has 1 aromatic heterocycles. The highest BCUT2D eigenvalue weighted by atomic mass is 19.1. The summed E-state index contributed by atoms with van der Waals surface area (Å²) in [4.78, 5) is 6.63. The van der Waals surface area contributed by atoms with E-state index in [4.69, 9.17) is 0 Å². The van der Waals surface area contributed by atoms with Gasteiger partial charge in [-0.1, -0.05) is 12.1 Å². The Kier molecular flexibility index (Phi) is 5.94. The normalized spacial score (nSPS) is 11.5. The molecule has 0 radical (unpaired) electrons. The molecule has 0 saturated heterocycles. The predicted molar refractivity (Wildman–Crippen MR) is 86.1 cm³/mol. The van der Waals surface area contributed by atoms with E-state index in [2.05, 4.69) is 15.4 Å². The summed E-state index contributed by atoms with van der Waals surface area (Å²) in [5.74, 6) is 0.616. The van der Waals surface area contributed by atoms with Crippen LogP contribution in [0.1, 0.15) is 12.5 Å². The van der Waals surface area contributed by atoms with Crippen molar-refractivity contribution in [3.05, 3.63) is 54.1 Å². The fourth-order valence-electron chi connectivity index (χ4n) is 2.10. The molecule has 0 amide bonds. The second-order valence-electron chi connectivity index (χ2n) is 4.99. The number of aromatic nitrogens is 2. The van der Waals surface area contributed by atoms with Crippen LogP contribution in [-0.4, -0.2) is 40.8 Å². The van der Waals surface area contributed by atoms with Crippen molar-refractivity contribution in [2.75, 3.05) is 20.1 Å². The number of hydrogen-bond donors (Lipinski definition) is 1. The average molecular weight is 303 g/mol. The van der Waals surface area contributed by atoms with Gasteiger partial charge in [-0.3, -0.25) is 9.67 Å². The summed E-state index contributed by atoms with van der Waals surface area (Å²) in [7, 11) is 1.97. The Morgan fingerprint density at radius 3 is 2.77 bits per heavy atom. The Morgan fingerprint density at radius 1 is 1.36 bits per heavy atom. The highest BCUT2D eigenvalue weighted by Gasteiger charge is 2.06. The van der Waals surface area contributed by atoms with Gasteiger partial charge in [0.1, 0.15) is 5.82 Å². The summed E-state index contributed by atoms with van der Waals surface area (Å²) in [6, 6.07) is 8.43. The lowest BCUT2D eigenvalue weighted by Crippen LogP contribution is -2.38. The molecule has 0 fully saturated rings. The van der Waals surface area contributed by atoms with E-state index in [1.807, 2.05) is 35.8 Å². The molecular formula is C16H22FN5. The molecule has 1 heterocycles. The molecule has 0 atom stereocenters. The standard InChI is InChI=1S/C16H22FN5/c1-3-18-16(19-10-12-22-11-4-9-20-22)21(2)13-14-5-7-15(17)8-6-14/h4-9,11H,3,10,12-13H2,1-2H3,(H,18,19). The van der Waals surface area contributed by atoms with E-state index in [0.717, 1.165) is 24.6 Å². The molecule has 0 aliphatic rings. The van der Waals surface area contributed by atoms with Crippen molar-refractivity contribution in [2.45, 2.75) is 20.0 Å². The van der Waals surface area contributed by atoms with Crippen LogP contribution in [0.15, 0.2) is 47.7 Å². The molecule has 1 aromatic carbocycles. The second-order valence-corrected chi connectivity index (χ2v) is 4.99. The number of hydrogen-bond acceptors (Lipinski definition) is 2. The molecule has 0 aliphatic heterocycles. The van der Waals surface area contributed by atoms with Gasteiger partial charge in [0.05, 0.1) is 13.1 Å². The number of benzene rings is 1. The molecule has 118 valence electrons. The molecule has 1 N–H and O–H groups in total. The summed E-state index contributed by atoms with van der Waals surface area (Å²) in [5, 5.41) is 7.42. The Bertz CT molecular complexity index is 577. The number of guanidine groups is 1. The first-order valence-electron chi connectivity index (χ1n) is 7.40. The van der Waals surface area contributed by atoms with Gasteiger partial charge >= 0.3 is 0 Å². The van der Waals surface area contributed by atoms with Gasteiger partial charge in [0.25, 0.3) is 0 Å². The molecule has 0 saturated carbocycles. The highest BCUT2D eigenvalue weighted by molar-refractivity contribution is 5.79. The van der Waals surface area contributed by atoms with Crippen LogP contribution in [0.4, 0.5) is 4.39 Å². The number of halogens is 1. The molecular weight excluding hydrogens is 281 g/mol. The van der Waals surface area contributed by atoms with Crippen molar-refractivity contribution in [3.63, 3.8) is 0 Å². The van der Waals surface area contributed by atoms with Crippen molar-refractivity contribution in [1.29, 1.82) is 0 Å². The molecule has 2 rings (SSSR count). The molecule has 0 aliphatic carbocycles. The number of aliphatic imine (C=N–C) groups is 1. The van der Waals surface area contributed by atoms with Gasteiger partial charge in [0.15, 0.2) is 5.96 Å². The number of rotatable bonds is 6. The zero-order valence-corrected chi connectivity index (χ0v) is 13.0. The fourth-order valence-corrected chi connectivity index (χ4v) is 2.10. The van der Waals surface area contributed by atoms with Crippen molar-refractivity contribution < 1.29 is 4.39 Å². The van der Waals surface area contributed by atoms with Crippen molar-refractivity contribution in [1.82, 2.24) is 20.0 Å². The quantitative estimate of drug-likeness (QED) is 0.657. The second kappa shape index (κ2) is 8.17. The summed E-state index contributed by atoms with van der Waals surface area (Å²) < 4.78 is 14.8. The van der Waals surface area contributed by atoms with Crippen molar-refractivity contribution in [3.8, 4) is 0 Å². The minimum atomic E-state index is -0.216. The molecule has 5 nitrogen and oxygen atoms in total. The Hall–Kier alpha value is -2.37. The van der Waals surface area contributed by atoms with Gasteiger partial charge in [0.2, 0.25) is 0 Å². The van der Waals surface area contributed by atoms with Gasteiger partial charge in [-0.15, -0.1) is 0 Å². The van der Waals surface area contributed by atoms with E-state index >= 15 is 0 Å². The summed E-state index contributed by atoms with van der Waals surface area (Å²) in [6.45, 7) is 4.90. The lowest BCUT2D eigenvalue weighted by molar-refractivity contribution is 0.474. The van der Waals surface area contributed by atoms with Crippen LogP contribution in [0, 0.1) is 5.82 Å². The number of nitrogens with one attached hydrogen (secondary N) is 1. The van der Waals surface area contributed by atoms with E-state index in [1.165, 1.54) is 12.1 Å².